The average Bonchev–Trinajstić information content (AvgIpc) is 2.61. The van der Waals surface area contributed by atoms with Crippen LogP contribution >= 0.6 is 0 Å². The van der Waals surface area contributed by atoms with Gasteiger partial charge in [-0.15, -0.1) is 0 Å². The first-order chi connectivity index (χ1) is 8.11. The molecular weight excluding hydrogens is 225 g/mol. The summed E-state index contributed by atoms with van der Waals surface area (Å²) in [4.78, 5) is 11.5. The van der Waals surface area contributed by atoms with Crippen molar-refractivity contribution in [1.29, 1.82) is 0 Å². The Labute approximate surface area is 97.1 Å². The molecule has 6 heteroatoms. The second-order valence-electron chi connectivity index (χ2n) is 3.65. The lowest BCUT2D eigenvalue weighted by atomic mass is 10.2. The zero-order valence-corrected chi connectivity index (χ0v) is 9.55. The van der Waals surface area contributed by atoms with Crippen LogP contribution in [0.15, 0.2) is 29.3 Å². The minimum Gasteiger partial charge on any atom is -0.494 e. The summed E-state index contributed by atoms with van der Waals surface area (Å²) in [5, 5.41) is 3.90. The molecule has 0 aliphatic carbocycles. The van der Waals surface area contributed by atoms with Gasteiger partial charge in [0.05, 0.1) is 13.7 Å². The highest BCUT2D eigenvalue weighted by molar-refractivity contribution is 5.29. The zero-order valence-electron chi connectivity index (χ0n) is 9.55. The number of ether oxygens (including phenoxy) is 1. The predicted octanol–water partition coefficient (Wildman–Crippen LogP) is 0.778. The monoisotopic (exact) mass is 237 g/mol. The Bertz CT molecular complexity index is 589. The standard InChI is InChI=1S/C11H12FN3O2/c1-14-7-13-15(11(14)16)6-8-3-4-10(17-2)9(12)5-8/h3-5,7H,6H2,1-2H3. The fourth-order valence-electron chi connectivity index (χ4n) is 1.51. The summed E-state index contributed by atoms with van der Waals surface area (Å²) in [7, 11) is 3.02. The van der Waals surface area contributed by atoms with Gasteiger partial charge in [-0.1, -0.05) is 6.07 Å². The molecule has 0 atom stereocenters. The van der Waals surface area contributed by atoms with Crippen molar-refractivity contribution in [3.05, 3.63) is 46.4 Å². The predicted molar refractivity (Wildman–Crippen MR) is 59.5 cm³/mol. The molecule has 0 N–H and O–H groups in total. The van der Waals surface area contributed by atoms with E-state index in [2.05, 4.69) is 5.10 Å². The Hall–Kier alpha value is -2.11. The second-order valence-corrected chi connectivity index (χ2v) is 3.65. The number of rotatable bonds is 3. The quantitative estimate of drug-likeness (QED) is 0.792. The smallest absolute Gasteiger partial charge is 0.345 e. The van der Waals surface area contributed by atoms with Crippen molar-refractivity contribution >= 4 is 0 Å². The van der Waals surface area contributed by atoms with E-state index in [1.54, 1.807) is 13.1 Å². The summed E-state index contributed by atoms with van der Waals surface area (Å²) in [5.41, 5.74) is 0.422. The van der Waals surface area contributed by atoms with Crippen LogP contribution in [0.5, 0.6) is 5.75 Å². The highest BCUT2D eigenvalue weighted by atomic mass is 19.1. The molecule has 0 saturated heterocycles. The molecule has 0 saturated carbocycles. The Morgan fingerprint density at radius 2 is 2.24 bits per heavy atom. The van der Waals surface area contributed by atoms with E-state index in [1.807, 2.05) is 0 Å². The van der Waals surface area contributed by atoms with Crippen molar-refractivity contribution in [1.82, 2.24) is 14.3 Å². The molecule has 1 heterocycles. The topological polar surface area (TPSA) is 49.0 Å². The van der Waals surface area contributed by atoms with E-state index in [-0.39, 0.29) is 18.0 Å². The zero-order chi connectivity index (χ0) is 12.4. The van der Waals surface area contributed by atoms with Crippen molar-refractivity contribution in [2.75, 3.05) is 7.11 Å². The molecular formula is C11H12FN3O2. The number of aryl methyl sites for hydroxylation is 1. The maximum Gasteiger partial charge on any atom is 0.345 e. The van der Waals surface area contributed by atoms with Gasteiger partial charge in [0.2, 0.25) is 0 Å². The molecule has 0 fully saturated rings. The molecule has 1 aromatic heterocycles. The number of nitrogens with zero attached hydrogens (tertiary/aromatic N) is 3. The van der Waals surface area contributed by atoms with E-state index in [9.17, 15) is 9.18 Å². The van der Waals surface area contributed by atoms with Crippen LogP contribution in [-0.2, 0) is 13.6 Å². The molecule has 0 aliphatic rings. The number of methoxy groups -OCH3 is 1. The molecule has 0 spiro atoms. The third-order valence-corrected chi connectivity index (χ3v) is 2.44. The maximum atomic E-state index is 13.4. The van der Waals surface area contributed by atoms with Gasteiger partial charge in [-0.3, -0.25) is 4.57 Å². The molecule has 0 unspecified atom stereocenters. The lowest BCUT2D eigenvalue weighted by molar-refractivity contribution is 0.386. The first kappa shape index (κ1) is 11.4. The molecule has 2 aromatic rings. The van der Waals surface area contributed by atoms with Crippen molar-refractivity contribution in [2.24, 2.45) is 7.05 Å². The molecule has 0 radical (unpaired) electrons. The summed E-state index contributed by atoms with van der Waals surface area (Å²) in [6, 6.07) is 4.56. The van der Waals surface area contributed by atoms with Gasteiger partial charge in [0.15, 0.2) is 11.6 Å². The number of benzene rings is 1. The van der Waals surface area contributed by atoms with Crippen LogP contribution in [0.2, 0.25) is 0 Å². The van der Waals surface area contributed by atoms with Gasteiger partial charge >= 0.3 is 5.69 Å². The van der Waals surface area contributed by atoms with Crippen LogP contribution in [0, 0.1) is 5.82 Å². The second kappa shape index (κ2) is 4.40. The number of hydrogen-bond donors (Lipinski definition) is 0. The largest absolute Gasteiger partial charge is 0.494 e. The van der Waals surface area contributed by atoms with Crippen LogP contribution in [0.1, 0.15) is 5.56 Å². The summed E-state index contributed by atoms with van der Waals surface area (Å²) in [6.45, 7) is 0.237. The van der Waals surface area contributed by atoms with Gasteiger partial charge in [-0.25, -0.2) is 13.9 Å². The lowest BCUT2D eigenvalue weighted by Gasteiger charge is -2.04. The van der Waals surface area contributed by atoms with E-state index in [0.717, 1.165) is 0 Å². The van der Waals surface area contributed by atoms with Crippen molar-refractivity contribution in [3.63, 3.8) is 0 Å². The molecule has 90 valence electrons. The number of hydrogen-bond acceptors (Lipinski definition) is 3. The minimum atomic E-state index is -0.450. The number of halogens is 1. The number of aromatic nitrogens is 3. The third-order valence-electron chi connectivity index (χ3n) is 2.44. The highest BCUT2D eigenvalue weighted by Gasteiger charge is 2.06. The van der Waals surface area contributed by atoms with Gasteiger partial charge in [-0.2, -0.15) is 5.10 Å². The normalized spacial score (nSPS) is 10.5. The maximum absolute atomic E-state index is 13.4. The van der Waals surface area contributed by atoms with Crippen molar-refractivity contribution in [2.45, 2.75) is 6.54 Å². The van der Waals surface area contributed by atoms with Crippen molar-refractivity contribution in [3.8, 4) is 5.75 Å². The van der Waals surface area contributed by atoms with E-state index in [1.165, 1.54) is 34.8 Å². The van der Waals surface area contributed by atoms with Gasteiger partial charge < -0.3 is 4.74 Å². The first-order valence-corrected chi connectivity index (χ1v) is 5.02. The van der Waals surface area contributed by atoms with E-state index < -0.39 is 5.82 Å². The molecule has 1 aromatic carbocycles. The van der Waals surface area contributed by atoms with Gasteiger partial charge in [-0.05, 0) is 17.7 Å². The van der Waals surface area contributed by atoms with Gasteiger partial charge in [0.1, 0.15) is 6.33 Å². The highest BCUT2D eigenvalue weighted by Crippen LogP contribution is 2.17. The Balaban J connectivity index is 2.28. The summed E-state index contributed by atoms with van der Waals surface area (Å²) in [5.74, 6) is -0.268. The fourth-order valence-corrected chi connectivity index (χ4v) is 1.51. The third kappa shape index (κ3) is 2.20. The van der Waals surface area contributed by atoms with Crippen LogP contribution in [-0.4, -0.2) is 21.5 Å². The molecule has 2 rings (SSSR count). The molecule has 0 aliphatic heterocycles. The Morgan fingerprint density at radius 3 is 2.76 bits per heavy atom. The lowest BCUT2D eigenvalue weighted by Crippen LogP contribution is -2.23. The average molecular weight is 237 g/mol. The Kier molecular flexibility index (Phi) is 2.95. The summed E-state index contributed by atoms with van der Waals surface area (Å²) in [6.07, 6.45) is 1.42. The molecule has 17 heavy (non-hydrogen) atoms. The van der Waals surface area contributed by atoms with Gasteiger partial charge in [0.25, 0.3) is 0 Å². The van der Waals surface area contributed by atoms with Gasteiger partial charge in [0, 0.05) is 7.05 Å². The molecule has 5 nitrogen and oxygen atoms in total. The van der Waals surface area contributed by atoms with Crippen LogP contribution in [0.25, 0.3) is 0 Å². The molecule has 0 bridgehead atoms. The first-order valence-electron chi connectivity index (χ1n) is 5.02. The van der Waals surface area contributed by atoms with Crippen molar-refractivity contribution < 1.29 is 9.13 Å². The SMILES string of the molecule is COc1ccc(Cn2ncn(C)c2=O)cc1F. The van der Waals surface area contributed by atoms with Crippen LogP contribution in [0.4, 0.5) is 4.39 Å². The summed E-state index contributed by atoms with van der Waals surface area (Å²) < 4.78 is 20.9. The van der Waals surface area contributed by atoms with E-state index >= 15 is 0 Å². The minimum absolute atomic E-state index is 0.183. The fraction of sp³-hybridized carbons (Fsp3) is 0.273. The molecule has 0 amide bonds. The van der Waals surface area contributed by atoms with Crippen LogP contribution in [0.3, 0.4) is 0 Å². The van der Waals surface area contributed by atoms with E-state index in [0.29, 0.717) is 5.56 Å². The summed E-state index contributed by atoms with van der Waals surface area (Å²) >= 11 is 0. The van der Waals surface area contributed by atoms with E-state index in [4.69, 9.17) is 4.74 Å². The Morgan fingerprint density at radius 1 is 1.47 bits per heavy atom. The van der Waals surface area contributed by atoms with Crippen LogP contribution < -0.4 is 10.4 Å².